The Morgan fingerprint density at radius 2 is 1.27 bits per heavy atom. The molecular weight excluding hydrogens is 558 g/mol. The van der Waals surface area contributed by atoms with Gasteiger partial charge in [0.15, 0.2) is 0 Å². The predicted molar refractivity (Wildman–Crippen MR) is 165 cm³/mol. The number of carboxylic acids is 1. The summed E-state index contributed by atoms with van der Waals surface area (Å²) in [6.07, 6.45) is 13.9. The SMILES string of the molecule is O=C([O-])CN(C(=O)OCc1ccccc1)C1CCN(C(=O)OCc2ccccc2)C1.[NH3+]C(C1CCCCC1)C1CCCCC1. The Kier molecular flexibility index (Phi) is 13.4. The van der Waals surface area contributed by atoms with Crippen LogP contribution in [0, 0.1) is 11.8 Å². The van der Waals surface area contributed by atoms with Gasteiger partial charge in [0.25, 0.3) is 0 Å². The third-order valence-electron chi connectivity index (χ3n) is 9.32. The Hall–Kier alpha value is -3.59. The van der Waals surface area contributed by atoms with Crippen LogP contribution in [-0.4, -0.2) is 59.7 Å². The summed E-state index contributed by atoms with van der Waals surface area (Å²) in [6, 6.07) is 18.7. The molecule has 1 saturated heterocycles. The van der Waals surface area contributed by atoms with Gasteiger partial charge in [-0.05, 0) is 43.2 Å². The van der Waals surface area contributed by atoms with Crippen LogP contribution in [0.3, 0.4) is 0 Å². The fourth-order valence-corrected chi connectivity index (χ4v) is 6.77. The molecular formula is C35H49N3O6. The van der Waals surface area contributed by atoms with Crippen molar-refractivity contribution < 1.29 is 34.7 Å². The molecule has 0 bridgehead atoms. The van der Waals surface area contributed by atoms with Gasteiger partial charge in [-0.25, -0.2) is 9.59 Å². The number of quaternary nitrogens is 1. The number of amides is 2. The first-order chi connectivity index (χ1) is 21.4. The second-order valence-corrected chi connectivity index (χ2v) is 12.4. The molecule has 2 saturated carbocycles. The first-order valence-corrected chi connectivity index (χ1v) is 16.4. The molecule has 2 aromatic rings. The van der Waals surface area contributed by atoms with E-state index in [1.54, 1.807) is 12.1 Å². The standard InChI is InChI=1S/C22H24N2O6.C13H25N/c25-20(26)14-24(22(28)30-16-18-9-5-2-6-10-18)19-11-12-23(13-19)21(27)29-15-17-7-3-1-4-8-17;14-13(11-7-3-1-4-8-11)12-9-5-2-6-10-12/h1-10,19H,11-16H2,(H,25,26);11-13H,1-10,14H2. The summed E-state index contributed by atoms with van der Waals surface area (Å²) in [5.41, 5.74) is 6.14. The summed E-state index contributed by atoms with van der Waals surface area (Å²) >= 11 is 0. The van der Waals surface area contributed by atoms with Crippen LogP contribution in [0.5, 0.6) is 0 Å². The molecule has 3 N–H and O–H groups in total. The highest BCUT2D eigenvalue weighted by molar-refractivity contribution is 5.76. The molecule has 5 rings (SSSR count). The monoisotopic (exact) mass is 607 g/mol. The Labute approximate surface area is 261 Å². The van der Waals surface area contributed by atoms with E-state index in [1.807, 2.05) is 48.5 Å². The number of carbonyl (C=O) groups is 3. The maximum absolute atomic E-state index is 12.5. The van der Waals surface area contributed by atoms with E-state index < -0.39 is 30.7 Å². The molecule has 2 aromatic carbocycles. The molecule has 1 heterocycles. The van der Waals surface area contributed by atoms with Crippen LogP contribution >= 0.6 is 0 Å². The molecule has 3 fully saturated rings. The lowest BCUT2D eigenvalue weighted by Crippen LogP contribution is -2.68. The van der Waals surface area contributed by atoms with Crippen LogP contribution in [0.25, 0.3) is 0 Å². The maximum atomic E-state index is 12.5. The van der Waals surface area contributed by atoms with Crippen LogP contribution < -0.4 is 10.8 Å². The Morgan fingerprint density at radius 3 is 1.77 bits per heavy atom. The van der Waals surface area contributed by atoms with Gasteiger partial charge in [0.2, 0.25) is 0 Å². The second kappa shape index (κ2) is 17.6. The van der Waals surface area contributed by atoms with Gasteiger partial charge >= 0.3 is 12.2 Å². The minimum absolute atomic E-state index is 0.0266. The van der Waals surface area contributed by atoms with Crippen LogP contribution in [0.4, 0.5) is 9.59 Å². The molecule has 0 radical (unpaired) electrons. The maximum Gasteiger partial charge on any atom is 0.410 e. The van der Waals surface area contributed by atoms with Gasteiger partial charge in [-0.3, -0.25) is 4.90 Å². The Balaban J connectivity index is 0.000000262. The summed E-state index contributed by atoms with van der Waals surface area (Å²) in [6.45, 7) is 0.0851. The van der Waals surface area contributed by atoms with E-state index in [1.165, 1.54) is 69.1 Å². The van der Waals surface area contributed by atoms with Crippen molar-refractivity contribution in [1.29, 1.82) is 0 Å². The van der Waals surface area contributed by atoms with Gasteiger partial charge in [-0.2, -0.15) is 0 Å². The van der Waals surface area contributed by atoms with E-state index in [2.05, 4.69) is 5.73 Å². The second-order valence-electron chi connectivity index (χ2n) is 12.4. The number of benzene rings is 2. The number of nitrogens with zero attached hydrogens (tertiary/aromatic N) is 2. The summed E-state index contributed by atoms with van der Waals surface area (Å²) in [7, 11) is 0. The fourth-order valence-electron chi connectivity index (χ4n) is 6.77. The van der Waals surface area contributed by atoms with E-state index in [-0.39, 0.29) is 19.8 Å². The summed E-state index contributed by atoms with van der Waals surface area (Å²) in [5, 5.41) is 11.2. The molecule has 2 amide bonds. The van der Waals surface area contributed by atoms with Crippen molar-refractivity contribution >= 4 is 18.2 Å². The van der Waals surface area contributed by atoms with Crippen molar-refractivity contribution in [3.05, 3.63) is 71.8 Å². The highest BCUT2D eigenvalue weighted by atomic mass is 16.6. The normalized spacial score (nSPS) is 19.1. The lowest BCUT2D eigenvalue weighted by molar-refractivity contribution is -0.449. The number of carboxylic acid groups (broad SMARTS) is 1. The highest BCUT2D eigenvalue weighted by Crippen LogP contribution is 2.33. The topological polar surface area (TPSA) is 127 Å². The van der Waals surface area contributed by atoms with Gasteiger partial charge in [0.1, 0.15) is 13.2 Å². The van der Waals surface area contributed by atoms with Crippen LogP contribution in [0.1, 0.15) is 81.8 Å². The summed E-state index contributed by atoms with van der Waals surface area (Å²) in [5.74, 6) is 0.565. The number of hydrogen-bond acceptors (Lipinski definition) is 6. The zero-order valence-corrected chi connectivity index (χ0v) is 25.9. The van der Waals surface area contributed by atoms with Crippen molar-refractivity contribution in [3.8, 4) is 0 Å². The largest absolute Gasteiger partial charge is 0.548 e. The average molecular weight is 608 g/mol. The van der Waals surface area contributed by atoms with Crippen LogP contribution in [-0.2, 0) is 27.5 Å². The molecule has 0 aromatic heterocycles. The molecule has 2 aliphatic carbocycles. The lowest BCUT2D eigenvalue weighted by Gasteiger charge is -2.32. The average Bonchev–Trinajstić information content (AvgIpc) is 3.57. The molecule has 240 valence electrons. The zero-order chi connectivity index (χ0) is 31.1. The van der Waals surface area contributed by atoms with Gasteiger partial charge in [-0.1, -0.05) is 99.2 Å². The van der Waals surface area contributed by atoms with E-state index in [4.69, 9.17) is 9.47 Å². The molecule has 9 nitrogen and oxygen atoms in total. The minimum atomic E-state index is -1.39. The van der Waals surface area contributed by atoms with Gasteiger partial charge < -0.3 is 30.0 Å². The summed E-state index contributed by atoms with van der Waals surface area (Å²) < 4.78 is 10.6. The molecule has 1 aliphatic heterocycles. The Bertz CT molecular complexity index is 1130. The fraction of sp³-hybridized carbons (Fsp3) is 0.571. The number of hydrogen-bond donors (Lipinski definition) is 1. The molecule has 3 aliphatic rings. The number of ether oxygens (including phenoxy) is 2. The predicted octanol–water partition coefficient (Wildman–Crippen LogP) is 4.54. The molecule has 9 heteroatoms. The van der Waals surface area contributed by atoms with Crippen molar-refractivity contribution in [3.63, 3.8) is 0 Å². The summed E-state index contributed by atoms with van der Waals surface area (Å²) in [4.78, 5) is 38.5. The third-order valence-corrected chi connectivity index (χ3v) is 9.32. The van der Waals surface area contributed by atoms with Crippen LogP contribution in [0.15, 0.2) is 60.7 Å². The van der Waals surface area contributed by atoms with Gasteiger partial charge in [0, 0.05) is 24.9 Å². The number of likely N-dealkylation sites (tertiary alicyclic amines) is 1. The molecule has 0 spiro atoms. The van der Waals surface area contributed by atoms with Crippen molar-refractivity contribution in [2.75, 3.05) is 19.6 Å². The smallest absolute Gasteiger partial charge is 0.410 e. The molecule has 44 heavy (non-hydrogen) atoms. The number of carbonyl (C=O) groups excluding carboxylic acids is 3. The van der Waals surface area contributed by atoms with E-state index in [9.17, 15) is 19.5 Å². The van der Waals surface area contributed by atoms with E-state index in [0.717, 1.165) is 33.9 Å². The molecule has 1 unspecified atom stereocenters. The van der Waals surface area contributed by atoms with E-state index in [0.29, 0.717) is 13.0 Å². The van der Waals surface area contributed by atoms with Crippen LogP contribution in [0.2, 0.25) is 0 Å². The van der Waals surface area contributed by atoms with E-state index >= 15 is 0 Å². The zero-order valence-electron chi connectivity index (χ0n) is 25.9. The highest BCUT2D eigenvalue weighted by Gasteiger charge is 2.35. The first kappa shape index (κ1) is 33.3. The number of rotatable bonds is 9. The lowest BCUT2D eigenvalue weighted by atomic mass is 9.74. The van der Waals surface area contributed by atoms with Crippen molar-refractivity contribution in [2.24, 2.45) is 11.8 Å². The Morgan fingerprint density at radius 1 is 0.773 bits per heavy atom. The number of aliphatic carboxylic acids is 1. The third kappa shape index (κ3) is 10.5. The van der Waals surface area contributed by atoms with Crippen molar-refractivity contribution in [1.82, 2.24) is 9.80 Å². The minimum Gasteiger partial charge on any atom is -0.548 e. The quantitative estimate of drug-likeness (QED) is 0.446. The van der Waals surface area contributed by atoms with Gasteiger partial charge in [-0.15, -0.1) is 0 Å². The first-order valence-electron chi connectivity index (χ1n) is 16.4. The van der Waals surface area contributed by atoms with Crippen molar-refractivity contribution in [2.45, 2.75) is 95.9 Å². The van der Waals surface area contributed by atoms with Gasteiger partial charge in [0.05, 0.1) is 24.6 Å². The molecule has 1 atom stereocenters.